The summed E-state index contributed by atoms with van der Waals surface area (Å²) < 4.78 is 0. The van der Waals surface area contributed by atoms with Gasteiger partial charge in [-0.05, 0) is 51.4 Å². The predicted molar refractivity (Wildman–Crippen MR) is 70.8 cm³/mol. The van der Waals surface area contributed by atoms with Crippen molar-refractivity contribution < 1.29 is 0 Å². The van der Waals surface area contributed by atoms with Crippen LogP contribution < -0.4 is 5.32 Å². The van der Waals surface area contributed by atoms with E-state index in [0.29, 0.717) is 6.04 Å². The monoisotopic (exact) mass is 233 g/mol. The Hall–Kier alpha value is -0.930. The molecule has 94 valence electrons. The molecule has 0 radical (unpaired) electrons. The molecule has 2 rings (SSSR count). The second kappa shape index (κ2) is 5.15. The first-order valence-corrected chi connectivity index (χ1v) is 6.46. The quantitative estimate of drug-likeness (QED) is 0.847. The van der Waals surface area contributed by atoms with E-state index in [-0.39, 0.29) is 5.54 Å². The number of nitrogens with one attached hydrogen (secondary N) is 1. The molecule has 0 bridgehead atoms. The molecule has 0 saturated carbocycles. The molecule has 1 aliphatic rings. The van der Waals surface area contributed by atoms with Crippen molar-refractivity contribution in [3.05, 3.63) is 30.1 Å². The maximum Gasteiger partial charge on any atom is 0.0271 e. The van der Waals surface area contributed by atoms with Gasteiger partial charge in [0.15, 0.2) is 0 Å². The zero-order valence-corrected chi connectivity index (χ0v) is 11.1. The fraction of sp³-hybridized carbons (Fsp3) is 0.643. The van der Waals surface area contributed by atoms with Crippen molar-refractivity contribution in [1.29, 1.82) is 0 Å². The van der Waals surface area contributed by atoms with Crippen LogP contribution in [0.5, 0.6) is 0 Å². The average Bonchev–Trinajstić information content (AvgIpc) is 2.43. The summed E-state index contributed by atoms with van der Waals surface area (Å²) in [5.74, 6) is 0. The first-order chi connectivity index (χ1) is 8.09. The molecule has 0 aromatic carbocycles. The zero-order chi connectivity index (χ0) is 12.3. The molecule has 1 saturated heterocycles. The number of hydrogen-bond donors (Lipinski definition) is 1. The standard InChI is InChI=1S/C14H23N3/c1-12-10-16-9-6-14(2,3)17(12)11-13-4-7-15-8-5-13/h4-5,7-8,12,16H,6,9-11H2,1-3H3. The van der Waals surface area contributed by atoms with Crippen LogP contribution in [0.2, 0.25) is 0 Å². The first-order valence-electron chi connectivity index (χ1n) is 6.46. The lowest BCUT2D eigenvalue weighted by Crippen LogP contribution is -2.48. The fourth-order valence-electron chi connectivity index (χ4n) is 2.61. The van der Waals surface area contributed by atoms with Gasteiger partial charge in [0, 0.05) is 37.1 Å². The molecule has 3 nitrogen and oxygen atoms in total. The molecule has 1 fully saturated rings. The highest BCUT2D eigenvalue weighted by Gasteiger charge is 2.32. The van der Waals surface area contributed by atoms with Gasteiger partial charge in [0.25, 0.3) is 0 Å². The molecule has 1 aromatic rings. The van der Waals surface area contributed by atoms with Crippen molar-refractivity contribution in [3.63, 3.8) is 0 Å². The SMILES string of the molecule is CC1CNCCC(C)(C)N1Cc1ccncc1. The van der Waals surface area contributed by atoms with Crippen LogP contribution in [-0.2, 0) is 6.54 Å². The van der Waals surface area contributed by atoms with Gasteiger partial charge < -0.3 is 5.32 Å². The maximum atomic E-state index is 4.08. The van der Waals surface area contributed by atoms with E-state index in [1.54, 1.807) is 0 Å². The molecule has 1 aromatic heterocycles. The third kappa shape index (κ3) is 3.05. The molecule has 0 amide bonds. The molecule has 1 unspecified atom stereocenters. The van der Waals surface area contributed by atoms with E-state index in [1.807, 2.05) is 12.4 Å². The van der Waals surface area contributed by atoms with Gasteiger partial charge in [0.1, 0.15) is 0 Å². The Balaban J connectivity index is 2.15. The second-order valence-electron chi connectivity index (χ2n) is 5.60. The van der Waals surface area contributed by atoms with Gasteiger partial charge in [-0.3, -0.25) is 9.88 Å². The van der Waals surface area contributed by atoms with Gasteiger partial charge in [-0.25, -0.2) is 0 Å². The molecule has 1 atom stereocenters. The van der Waals surface area contributed by atoms with E-state index in [9.17, 15) is 0 Å². The zero-order valence-electron chi connectivity index (χ0n) is 11.1. The van der Waals surface area contributed by atoms with Crippen LogP contribution in [0.3, 0.4) is 0 Å². The highest BCUT2D eigenvalue weighted by atomic mass is 15.2. The molecule has 0 aliphatic carbocycles. The van der Waals surface area contributed by atoms with E-state index < -0.39 is 0 Å². The molecule has 2 heterocycles. The minimum absolute atomic E-state index is 0.256. The van der Waals surface area contributed by atoms with Gasteiger partial charge in [-0.2, -0.15) is 0 Å². The molecule has 0 spiro atoms. The summed E-state index contributed by atoms with van der Waals surface area (Å²) >= 11 is 0. The Kier molecular flexibility index (Phi) is 3.79. The number of rotatable bonds is 2. The van der Waals surface area contributed by atoms with Gasteiger partial charge in [-0.1, -0.05) is 0 Å². The number of aromatic nitrogens is 1. The largest absolute Gasteiger partial charge is 0.315 e. The first kappa shape index (κ1) is 12.5. The summed E-state index contributed by atoms with van der Waals surface area (Å²) in [6.45, 7) is 10.2. The summed E-state index contributed by atoms with van der Waals surface area (Å²) in [5.41, 5.74) is 1.61. The summed E-state index contributed by atoms with van der Waals surface area (Å²) in [4.78, 5) is 6.68. The second-order valence-corrected chi connectivity index (χ2v) is 5.60. The number of pyridine rings is 1. The van der Waals surface area contributed by atoms with Crippen LogP contribution in [0.15, 0.2) is 24.5 Å². The van der Waals surface area contributed by atoms with E-state index >= 15 is 0 Å². The smallest absolute Gasteiger partial charge is 0.0271 e. The Morgan fingerprint density at radius 2 is 2.12 bits per heavy atom. The minimum atomic E-state index is 0.256. The lowest BCUT2D eigenvalue weighted by molar-refractivity contribution is 0.0771. The lowest BCUT2D eigenvalue weighted by atomic mass is 9.96. The summed E-state index contributed by atoms with van der Waals surface area (Å²) in [6, 6.07) is 4.79. The normalized spacial score (nSPS) is 25.5. The summed E-state index contributed by atoms with van der Waals surface area (Å²) in [6.07, 6.45) is 4.95. The highest BCUT2D eigenvalue weighted by Crippen LogP contribution is 2.25. The van der Waals surface area contributed by atoms with Crippen molar-refractivity contribution in [2.45, 2.75) is 45.3 Å². The van der Waals surface area contributed by atoms with Crippen molar-refractivity contribution in [2.24, 2.45) is 0 Å². The van der Waals surface area contributed by atoms with Crippen LogP contribution in [0, 0.1) is 0 Å². The Morgan fingerprint density at radius 1 is 1.41 bits per heavy atom. The van der Waals surface area contributed by atoms with Gasteiger partial charge in [0.2, 0.25) is 0 Å². The lowest BCUT2D eigenvalue weighted by Gasteiger charge is -2.40. The molecule has 17 heavy (non-hydrogen) atoms. The molecular formula is C14H23N3. The molecule has 1 aliphatic heterocycles. The molecular weight excluding hydrogens is 210 g/mol. The van der Waals surface area contributed by atoms with Gasteiger partial charge >= 0.3 is 0 Å². The van der Waals surface area contributed by atoms with Crippen molar-refractivity contribution in [1.82, 2.24) is 15.2 Å². The van der Waals surface area contributed by atoms with Crippen LogP contribution in [0.25, 0.3) is 0 Å². The Labute approximate surface area is 104 Å². The Bertz CT molecular complexity index is 348. The van der Waals surface area contributed by atoms with E-state index in [1.165, 1.54) is 12.0 Å². The predicted octanol–water partition coefficient (Wildman–Crippen LogP) is 2.04. The van der Waals surface area contributed by atoms with Crippen LogP contribution in [0.4, 0.5) is 0 Å². The Morgan fingerprint density at radius 3 is 2.82 bits per heavy atom. The third-order valence-electron chi connectivity index (χ3n) is 3.77. The van der Waals surface area contributed by atoms with Crippen molar-refractivity contribution in [2.75, 3.05) is 13.1 Å². The number of nitrogens with zero attached hydrogens (tertiary/aromatic N) is 2. The number of hydrogen-bond acceptors (Lipinski definition) is 3. The van der Waals surface area contributed by atoms with E-state index in [0.717, 1.165) is 19.6 Å². The van der Waals surface area contributed by atoms with Crippen molar-refractivity contribution >= 4 is 0 Å². The average molecular weight is 233 g/mol. The molecule has 1 N–H and O–H groups in total. The van der Waals surface area contributed by atoms with Gasteiger partial charge in [0.05, 0.1) is 0 Å². The fourth-order valence-corrected chi connectivity index (χ4v) is 2.61. The topological polar surface area (TPSA) is 28.2 Å². The maximum absolute atomic E-state index is 4.08. The van der Waals surface area contributed by atoms with E-state index in [4.69, 9.17) is 0 Å². The van der Waals surface area contributed by atoms with Crippen molar-refractivity contribution in [3.8, 4) is 0 Å². The molecule has 3 heteroatoms. The van der Waals surface area contributed by atoms with Crippen LogP contribution >= 0.6 is 0 Å². The van der Waals surface area contributed by atoms with E-state index in [2.05, 4.69) is 48.1 Å². The highest BCUT2D eigenvalue weighted by molar-refractivity contribution is 5.10. The third-order valence-corrected chi connectivity index (χ3v) is 3.77. The van der Waals surface area contributed by atoms with Gasteiger partial charge in [-0.15, -0.1) is 0 Å². The van der Waals surface area contributed by atoms with Crippen LogP contribution in [-0.4, -0.2) is 34.6 Å². The minimum Gasteiger partial charge on any atom is -0.315 e. The summed E-state index contributed by atoms with van der Waals surface area (Å²) in [7, 11) is 0. The van der Waals surface area contributed by atoms with Crippen LogP contribution in [0.1, 0.15) is 32.8 Å². The summed E-state index contributed by atoms with van der Waals surface area (Å²) in [5, 5.41) is 3.51.